The minimum Gasteiger partial charge on any atom is -0.496 e. The summed E-state index contributed by atoms with van der Waals surface area (Å²) >= 11 is 12.3. The summed E-state index contributed by atoms with van der Waals surface area (Å²) < 4.78 is 9.70. The van der Waals surface area contributed by atoms with E-state index in [4.69, 9.17) is 27.9 Å². The molecule has 204 valence electrons. The van der Waals surface area contributed by atoms with Crippen LogP contribution < -0.4 is 20.3 Å². The van der Waals surface area contributed by atoms with Crippen molar-refractivity contribution >= 4 is 69.9 Å². The molecule has 13 heteroatoms. The van der Waals surface area contributed by atoms with E-state index in [9.17, 15) is 29.1 Å². The van der Waals surface area contributed by atoms with Gasteiger partial charge in [-0.1, -0.05) is 23.2 Å². The number of aromatic carboxylic acids is 1. The molecule has 3 amide bonds. The molecule has 0 aromatic heterocycles. The molecule has 4 rings (SSSR count). The Morgan fingerprint density at radius 1 is 0.875 bits per heavy atom. The average molecular weight is 584 g/mol. The number of carbonyl (C=O) groups excluding carboxylic acids is 4. The summed E-state index contributed by atoms with van der Waals surface area (Å²) in [5.41, 5.74) is 0.830. The summed E-state index contributed by atoms with van der Waals surface area (Å²) in [5.74, 6) is -3.81. The van der Waals surface area contributed by atoms with Gasteiger partial charge in [-0.2, -0.15) is 0 Å². The van der Waals surface area contributed by atoms with Crippen LogP contribution in [0.5, 0.6) is 5.75 Å². The first-order valence-corrected chi connectivity index (χ1v) is 12.1. The third-order valence-electron chi connectivity index (χ3n) is 5.76. The minimum atomic E-state index is -1.24. The Morgan fingerprint density at radius 2 is 1.50 bits per heavy atom. The van der Waals surface area contributed by atoms with Crippen molar-refractivity contribution in [1.82, 2.24) is 0 Å². The molecule has 3 aromatic rings. The summed E-state index contributed by atoms with van der Waals surface area (Å²) in [5, 5.41) is 14.3. The van der Waals surface area contributed by atoms with Crippen molar-refractivity contribution in [3.8, 4) is 5.75 Å². The molecule has 3 N–H and O–H groups in total. The van der Waals surface area contributed by atoms with Crippen LogP contribution in [0.25, 0.3) is 0 Å². The fourth-order valence-electron chi connectivity index (χ4n) is 3.74. The second-order valence-corrected chi connectivity index (χ2v) is 8.95. The zero-order chi connectivity index (χ0) is 29.1. The summed E-state index contributed by atoms with van der Waals surface area (Å²) in [7, 11) is 2.52. The Hall–Kier alpha value is -4.87. The smallest absolute Gasteiger partial charge is 0.339 e. The number of halogens is 2. The molecule has 3 aromatic carbocycles. The van der Waals surface area contributed by atoms with Gasteiger partial charge in [0.05, 0.1) is 36.2 Å². The second kappa shape index (κ2) is 11.5. The highest BCUT2D eigenvalue weighted by atomic mass is 35.5. The van der Waals surface area contributed by atoms with Gasteiger partial charge >= 0.3 is 11.9 Å². The first kappa shape index (κ1) is 28.1. The molecule has 0 spiro atoms. The van der Waals surface area contributed by atoms with Gasteiger partial charge in [-0.05, 0) is 54.6 Å². The maximum atomic E-state index is 13.0. The maximum Gasteiger partial charge on any atom is 0.339 e. The van der Waals surface area contributed by atoms with E-state index in [2.05, 4.69) is 15.4 Å². The molecular formula is C27H19Cl2N3O8. The fourth-order valence-corrected chi connectivity index (χ4v) is 4.16. The van der Waals surface area contributed by atoms with Gasteiger partial charge in [0.2, 0.25) is 0 Å². The van der Waals surface area contributed by atoms with E-state index >= 15 is 0 Å². The molecule has 1 heterocycles. The van der Waals surface area contributed by atoms with Crippen molar-refractivity contribution in [3.05, 3.63) is 93.1 Å². The highest BCUT2D eigenvalue weighted by Crippen LogP contribution is 2.32. The summed E-state index contributed by atoms with van der Waals surface area (Å²) in [6.45, 7) is 0. The van der Waals surface area contributed by atoms with Crippen LogP contribution in [-0.2, 0) is 14.3 Å². The number of ether oxygens (including phenoxy) is 2. The van der Waals surface area contributed by atoms with Crippen molar-refractivity contribution in [3.63, 3.8) is 0 Å². The van der Waals surface area contributed by atoms with Gasteiger partial charge in [0.1, 0.15) is 22.0 Å². The number of nitrogens with zero attached hydrogens (tertiary/aromatic N) is 1. The van der Waals surface area contributed by atoms with E-state index in [1.165, 1.54) is 74.9 Å². The number of hydrogen-bond acceptors (Lipinski definition) is 8. The molecule has 1 aliphatic rings. The van der Waals surface area contributed by atoms with E-state index in [1.54, 1.807) is 0 Å². The van der Waals surface area contributed by atoms with Crippen LogP contribution >= 0.6 is 23.2 Å². The quantitative estimate of drug-likeness (QED) is 0.256. The molecule has 40 heavy (non-hydrogen) atoms. The van der Waals surface area contributed by atoms with Crippen LogP contribution in [0.1, 0.15) is 31.1 Å². The van der Waals surface area contributed by atoms with Gasteiger partial charge in [0.25, 0.3) is 17.7 Å². The number of benzene rings is 3. The largest absolute Gasteiger partial charge is 0.496 e. The molecule has 0 fully saturated rings. The highest BCUT2D eigenvalue weighted by molar-refractivity contribution is 6.53. The molecule has 0 radical (unpaired) electrons. The summed E-state index contributed by atoms with van der Waals surface area (Å²) in [6, 6.07) is 14.0. The van der Waals surface area contributed by atoms with Crippen LogP contribution in [0.15, 0.2) is 71.4 Å². The Kier molecular flexibility index (Phi) is 8.08. The Labute approximate surface area is 236 Å². The molecule has 0 aliphatic carbocycles. The SMILES string of the molecule is COC(=O)c1ccc(N2C(=O)C(Cl)=C(Nc3ccc(C(=O)Nc4cc(OC)c(C(=O)O)cc4Cl)cc3)C2=O)cc1. The Morgan fingerprint density at radius 3 is 2.08 bits per heavy atom. The molecule has 0 saturated heterocycles. The fraction of sp³-hybridized carbons (Fsp3) is 0.0741. The normalized spacial score (nSPS) is 12.8. The molecule has 0 saturated carbocycles. The Balaban J connectivity index is 1.47. The predicted molar refractivity (Wildman–Crippen MR) is 146 cm³/mol. The van der Waals surface area contributed by atoms with Crippen molar-refractivity contribution in [2.45, 2.75) is 0 Å². The van der Waals surface area contributed by atoms with Crippen LogP contribution in [-0.4, -0.2) is 49.0 Å². The molecule has 0 unspecified atom stereocenters. The zero-order valence-electron chi connectivity index (χ0n) is 20.8. The van der Waals surface area contributed by atoms with E-state index in [0.29, 0.717) is 5.69 Å². The van der Waals surface area contributed by atoms with Gasteiger partial charge in [0.15, 0.2) is 0 Å². The minimum absolute atomic E-state index is 0.000296. The van der Waals surface area contributed by atoms with Crippen molar-refractivity contribution in [2.24, 2.45) is 0 Å². The number of anilines is 3. The van der Waals surface area contributed by atoms with E-state index in [1.807, 2.05) is 0 Å². The first-order chi connectivity index (χ1) is 19.0. The third-order valence-corrected chi connectivity index (χ3v) is 6.42. The number of carboxylic acid groups (broad SMARTS) is 1. The monoisotopic (exact) mass is 583 g/mol. The van der Waals surface area contributed by atoms with Gasteiger partial charge < -0.3 is 25.2 Å². The Bertz CT molecular complexity index is 1580. The molecule has 0 atom stereocenters. The lowest BCUT2D eigenvalue weighted by molar-refractivity contribution is -0.120. The van der Waals surface area contributed by atoms with E-state index in [0.717, 1.165) is 4.90 Å². The number of methoxy groups -OCH3 is 2. The summed E-state index contributed by atoms with van der Waals surface area (Å²) in [6.07, 6.45) is 0. The van der Waals surface area contributed by atoms with Crippen molar-refractivity contribution in [1.29, 1.82) is 0 Å². The predicted octanol–water partition coefficient (Wildman–Crippen LogP) is 4.52. The van der Waals surface area contributed by atoms with Gasteiger partial charge in [-0.3, -0.25) is 14.4 Å². The number of carboxylic acids is 1. The number of imide groups is 1. The van der Waals surface area contributed by atoms with Crippen LogP contribution in [0, 0.1) is 0 Å². The molecule has 1 aliphatic heterocycles. The molecule has 11 nitrogen and oxygen atoms in total. The number of carbonyl (C=O) groups is 5. The number of esters is 1. The molecule has 0 bridgehead atoms. The number of rotatable bonds is 8. The molecular weight excluding hydrogens is 565 g/mol. The number of nitrogens with one attached hydrogen (secondary N) is 2. The van der Waals surface area contributed by atoms with Crippen molar-refractivity contribution in [2.75, 3.05) is 29.8 Å². The lowest BCUT2D eigenvalue weighted by Gasteiger charge is -2.15. The van der Waals surface area contributed by atoms with Gasteiger partial charge in [0, 0.05) is 17.3 Å². The lowest BCUT2D eigenvalue weighted by Crippen LogP contribution is -2.32. The van der Waals surface area contributed by atoms with Gasteiger partial charge in [-0.15, -0.1) is 0 Å². The van der Waals surface area contributed by atoms with E-state index in [-0.39, 0.29) is 49.6 Å². The van der Waals surface area contributed by atoms with Crippen molar-refractivity contribution < 1.29 is 38.6 Å². The van der Waals surface area contributed by atoms with Crippen LogP contribution in [0.2, 0.25) is 5.02 Å². The second-order valence-electron chi connectivity index (χ2n) is 8.17. The lowest BCUT2D eigenvalue weighted by atomic mass is 10.1. The van der Waals surface area contributed by atoms with Gasteiger partial charge in [-0.25, -0.2) is 14.5 Å². The standard InChI is InChI=1S/C27H19Cl2N3O8/c1-39-20-12-19(18(28)11-17(20)26(36)37)31-23(33)13-3-7-15(8-4-13)30-22-21(29)24(34)32(25(22)35)16-9-5-14(6-10-16)27(38)40-2/h3-12,30H,1-2H3,(H,31,33)(H,36,37). The third kappa shape index (κ3) is 5.46. The topological polar surface area (TPSA) is 151 Å². The van der Waals surface area contributed by atoms with Crippen LogP contribution in [0.3, 0.4) is 0 Å². The van der Waals surface area contributed by atoms with Crippen LogP contribution in [0.4, 0.5) is 17.1 Å². The average Bonchev–Trinajstić information content (AvgIpc) is 3.16. The first-order valence-electron chi connectivity index (χ1n) is 11.3. The highest BCUT2D eigenvalue weighted by Gasteiger charge is 2.39. The van der Waals surface area contributed by atoms with E-state index < -0.39 is 29.7 Å². The number of hydrogen-bond donors (Lipinski definition) is 3. The maximum absolute atomic E-state index is 13.0. The zero-order valence-corrected chi connectivity index (χ0v) is 22.3. The number of amides is 3. The summed E-state index contributed by atoms with van der Waals surface area (Å²) in [4.78, 5) is 62.3.